The van der Waals surface area contributed by atoms with E-state index in [9.17, 15) is 23.1 Å². The van der Waals surface area contributed by atoms with Gasteiger partial charge in [0.1, 0.15) is 0 Å². The lowest BCUT2D eigenvalue weighted by Gasteiger charge is -2.35. The van der Waals surface area contributed by atoms with E-state index in [0.717, 1.165) is 23.6 Å². The van der Waals surface area contributed by atoms with Gasteiger partial charge in [-0.3, -0.25) is 9.48 Å². The van der Waals surface area contributed by atoms with Crippen LogP contribution < -0.4 is 5.32 Å². The third-order valence-corrected chi connectivity index (χ3v) is 7.33. The minimum atomic E-state index is -4.53. The smallest absolute Gasteiger partial charge is 0.394 e. The van der Waals surface area contributed by atoms with E-state index in [1.165, 1.54) is 28.6 Å². The van der Waals surface area contributed by atoms with Crippen molar-refractivity contribution >= 4 is 51.4 Å². The summed E-state index contributed by atoms with van der Waals surface area (Å²) < 4.78 is 42.0. The monoisotopic (exact) mass is 535 g/mol. The Morgan fingerprint density at radius 1 is 1.25 bits per heavy atom. The summed E-state index contributed by atoms with van der Waals surface area (Å²) in [6.07, 6.45) is -1.22. The molecule has 1 atom stereocenters. The zero-order valence-corrected chi connectivity index (χ0v) is 20.4. The van der Waals surface area contributed by atoms with E-state index in [-0.39, 0.29) is 35.7 Å². The maximum Gasteiger partial charge on any atom is 0.416 e. The SMILES string of the molecule is O=C1N=C(N2CCNC[C@@H]2CO)SC1=Cc1ccc2c(cnn2Cc2ccc(Cl)cc2C(F)(F)F)c1. The van der Waals surface area contributed by atoms with E-state index in [2.05, 4.69) is 15.4 Å². The molecule has 0 saturated carbocycles. The van der Waals surface area contributed by atoms with E-state index >= 15 is 0 Å². The van der Waals surface area contributed by atoms with Crippen LogP contribution in [-0.4, -0.2) is 63.1 Å². The number of hydrogen-bond acceptors (Lipinski definition) is 6. The summed E-state index contributed by atoms with van der Waals surface area (Å²) in [5.41, 5.74) is 0.681. The molecule has 1 saturated heterocycles. The Morgan fingerprint density at radius 2 is 2.08 bits per heavy atom. The van der Waals surface area contributed by atoms with Gasteiger partial charge in [0, 0.05) is 30.0 Å². The van der Waals surface area contributed by atoms with Crippen molar-refractivity contribution in [3.8, 4) is 0 Å². The highest BCUT2D eigenvalue weighted by Gasteiger charge is 2.34. The van der Waals surface area contributed by atoms with Gasteiger partial charge in [-0.15, -0.1) is 0 Å². The average molecular weight is 536 g/mol. The summed E-state index contributed by atoms with van der Waals surface area (Å²) in [5.74, 6) is -0.344. The predicted octanol–water partition coefficient (Wildman–Crippen LogP) is 3.99. The number of nitrogens with zero attached hydrogens (tertiary/aromatic N) is 4. The number of aliphatic hydroxyl groups excluding tert-OH is 1. The number of hydrogen-bond donors (Lipinski definition) is 2. The Labute approximate surface area is 213 Å². The van der Waals surface area contributed by atoms with Gasteiger partial charge in [0.25, 0.3) is 5.91 Å². The minimum Gasteiger partial charge on any atom is -0.394 e. The van der Waals surface area contributed by atoms with Gasteiger partial charge >= 0.3 is 6.18 Å². The number of amidine groups is 1. The molecular weight excluding hydrogens is 515 g/mol. The number of halogens is 4. The first kappa shape index (κ1) is 24.8. The van der Waals surface area contributed by atoms with Gasteiger partial charge in [-0.1, -0.05) is 23.7 Å². The van der Waals surface area contributed by atoms with Gasteiger partial charge < -0.3 is 15.3 Å². The lowest BCUT2D eigenvalue weighted by molar-refractivity contribution is -0.138. The molecule has 36 heavy (non-hydrogen) atoms. The van der Waals surface area contributed by atoms with E-state index in [4.69, 9.17) is 11.6 Å². The quantitative estimate of drug-likeness (QED) is 0.492. The number of piperazine rings is 1. The second-order valence-electron chi connectivity index (χ2n) is 8.46. The lowest BCUT2D eigenvalue weighted by atomic mass is 10.1. The summed E-state index contributed by atoms with van der Waals surface area (Å²) in [7, 11) is 0. The molecule has 0 unspecified atom stereocenters. The second kappa shape index (κ2) is 9.89. The fourth-order valence-corrected chi connectivity index (χ4v) is 5.46. The Kier molecular flexibility index (Phi) is 6.82. The maximum absolute atomic E-state index is 13.5. The second-order valence-corrected chi connectivity index (χ2v) is 9.91. The zero-order valence-electron chi connectivity index (χ0n) is 18.8. The molecule has 1 amide bonds. The number of benzene rings is 2. The highest BCUT2D eigenvalue weighted by molar-refractivity contribution is 8.18. The van der Waals surface area contributed by atoms with Crippen molar-refractivity contribution in [2.75, 3.05) is 26.2 Å². The lowest BCUT2D eigenvalue weighted by Crippen LogP contribution is -2.54. The molecule has 3 aromatic rings. The number of nitrogens with one attached hydrogen (secondary N) is 1. The number of aromatic nitrogens is 2. The third kappa shape index (κ3) is 5.01. The molecule has 0 bridgehead atoms. The fraction of sp³-hybridized carbons (Fsp3) is 0.292. The average Bonchev–Trinajstić information content (AvgIpc) is 3.42. The van der Waals surface area contributed by atoms with Crippen molar-refractivity contribution in [2.24, 2.45) is 4.99 Å². The third-order valence-electron chi connectivity index (χ3n) is 6.08. The predicted molar refractivity (Wildman–Crippen MR) is 134 cm³/mol. The van der Waals surface area contributed by atoms with Crippen LogP contribution in [0.2, 0.25) is 5.02 Å². The Morgan fingerprint density at radius 3 is 2.86 bits per heavy atom. The number of alkyl halides is 3. The van der Waals surface area contributed by atoms with Crippen LogP contribution in [0.3, 0.4) is 0 Å². The van der Waals surface area contributed by atoms with Crippen molar-refractivity contribution in [3.63, 3.8) is 0 Å². The number of fused-ring (bicyclic) bond motifs is 1. The number of aliphatic imine (C=N–C) groups is 1. The summed E-state index contributed by atoms with van der Waals surface area (Å²) >= 11 is 7.05. The molecule has 2 aliphatic rings. The van der Waals surface area contributed by atoms with Crippen LogP contribution in [0.25, 0.3) is 17.0 Å². The first-order valence-corrected chi connectivity index (χ1v) is 12.3. The molecule has 1 fully saturated rings. The van der Waals surface area contributed by atoms with Crippen molar-refractivity contribution in [1.29, 1.82) is 0 Å². The van der Waals surface area contributed by atoms with Crippen molar-refractivity contribution < 1.29 is 23.1 Å². The van der Waals surface area contributed by atoms with Gasteiger partial charge in [0.2, 0.25) is 0 Å². The molecule has 0 radical (unpaired) electrons. The summed E-state index contributed by atoms with van der Waals surface area (Å²) in [6, 6.07) is 8.94. The van der Waals surface area contributed by atoms with Crippen LogP contribution in [0.15, 0.2) is 52.5 Å². The largest absolute Gasteiger partial charge is 0.416 e. The molecule has 0 spiro atoms. The first-order valence-electron chi connectivity index (χ1n) is 11.1. The maximum atomic E-state index is 13.5. The highest BCUT2D eigenvalue weighted by Crippen LogP contribution is 2.35. The molecule has 3 heterocycles. The molecule has 7 nitrogen and oxygen atoms in total. The highest BCUT2D eigenvalue weighted by atomic mass is 35.5. The van der Waals surface area contributed by atoms with Crippen molar-refractivity contribution in [3.05, 3.63) is 69.2 Å². The van der Waals surface area contributed by atoms with Crippen LogP contribution in [0.4, 0.5) is 13.2 Å². The van der Waals surface area contributed by atoms with Crippen molar-refractivity contribution in [1.82, 2.24) is 20.0 Å². The Balaban J connectivity index is 1.37. The number of thioether (sulfide) groups is 1. The molecule has 2 aromatic carbocycles. The Bertz CT molecular complexity index is 1390. The molecule has 1 aromatic heterocycles. The van der Waals surface area contributed by atoms with E-state index in [1.54, 1.807) is 24.4 Å². The number of amides is 1. The number of carbonyl (C=O) groups is 1. The molecule has 188 valence electrons. The van der Waals surface area contributed by atoms with Gasteiger partial charge in [-0.05, 0) is 53.2 Å². The molecule has 5 rings (SSSR count). The standard InChI is InChI=1S/C24H21ClF3N5O2S/c25-17-3-2-15(19(9-17)24(26,27)28)12-33-20-4-1-14(7-16(20)10-30-33)8-21-22(35)31-23(36-21)32-6-5-29-11-18(32)13-34/h1-4,7-10,18,29,34H,5-6,11-13H2/t18-/m1/s1. The van der Waals surface area contributed by atoms with Crippen LogP contribution >= 0.6 is 23.4 Å². The van der Waals surface area contributed by atoms with Crippen LogP contribution in [0, 0.1) is 0 Å². The normalized spacial score (nSPS) is 20.0. The number of carbonyl (C=O) groups excluding carboxylic acids is 1. The number of rotatable bonds is 4. The van der Waals surface area contributed by atoms with Crippen molar-refractivity contribution in [2.45, 2.75) is 18.8 Å². The van der Waals surface area contributed by atoms with Gasteiger partial charge in [-0.25, -0.2) is 0 Å². The topological polar surface area (TPSA) is 82.8 Å². The zero-order chi connectivity index (χ0) is 25.4. The van der Waals surface area contributed by atoms with Gasteiger partial charge in [0.05, 0.1) is 41.4 Å². The van der Waals surface area contributed by atoms with Crippen LogP contribution in [0.5, 0.6) is 0 Å². The number of aliphatic hydroxyl groups is 1. The van der Waals surface area contributed by atoms with Gasteiger partial charge in [-0.2, -0.15) is 23.3 Å². The van der Waals surface area contributed by atoms with Crippen LogP contribution in [0.1, 0.15) is 16.7 Å². The summed E-state index contributed by atoms with van der Waals surface area (Å²) in [4.78, 5) is 19.1. The fourth-order valence-electron chi connectivity index (χ4n) is 4.28. The summed E-state index contributed by atoms with van der Waals surface area (Å²) in [5, 5.41) is 18.4. The van der Waals surface area contributed by atoms with E-state index in [0.29, 0.717) is 28.7 Å². The molecule has 2 N–H and O–H groups in total. The summed E-state index contributed by atoms with van der Waals surface area (Å²) in [6.45, 7) is 1.89. The molecule has 0 aliphatic carbocycles. The molecular formula is C24H21ClF3N5O2S. The minimum absolute atomic E-state index is 0.0179. The first-order chi connectivity index (χ1) is 17.2. The van der Waals surface area contributed by atoms with Gasteiger partial charge in [0.15, 0.2) is 5.17 Å². The van der Waals surface area contributed by atoms with E-state index < -0.39 is 11.7 Å². The molecule has 2 aliphatic heterocycles. The Hall–Kier alpha value is -2.86. The van der Waals surface area contributed by atoms with Crippen LogP contribution in [-0.2, 0) is 17.5 Å². The van der Waals surface area contributed by atoms with E-state index in [1.807, 2.05) is 11.0 Å². The molecule has 12 heteroatoms.